The van der Waals surface area contributed by atoms with Crippen LogP contribution in [0.3, 0.4) is 0 Å². The first-order chi connectivity index (χ1) is 11.9. The predicted molar refractivity (Wildman–Crippen MR) is 101 cm³/mol. The number of aromatic carboxylic acids is 1. The monoisotopic (exact) mass is 457 g/mol. The molecule has 2 fully saturated rings. The smallest absolute Gasteiger partial charge is 0.341 e. The Balaban J connectivity index is 1.98. The Bertz CT molecular complexity index is 933. The molecule has 0 atom stereocenters. The van der Waals surface area contributed by atoms with Crippen molar-refractivity contribution in [1.82, 2.24) is 9.88 Å². The molecule has 2 N–H and O–H groups in total. The second-order valence-electron chi connectivity index (χ2n) is 6.52. The maximum Gasteiger partial charge on any atom is 0.341 e. The van der Waals surface area contributed by atoms with Gasteiger partial charge < -0.3 is 19.9 Å². The second-order valence-corrected chi connectivity index (χ2v) is 8.53. The van der Waals surface area contributed by atoms with E-state index in [-0.39, 0.29) is 14.5 Å². The van der Waals surface area contributed by atoms with Gasteiger partial charge in [0.2, 0.25) is 5.43 Å². The van der Waals surface area contributed by atoms with Gasteiger partial charge >= 0.3 is 5.97 Å². The number of pyridine rings is 1. The number of benzene rings is 1. The zero-order valence-corrected chi connectivity index (χ0v) is 15.5. The summed E-state index contributed by atoms with van der Waals surface area (Å²) in [6.07, 6.45) is 3.20. The van der Waals surface area contributed by atoms with Crippen molar-refractivity contribution in [2.75, 3.05) is 31.1 Å². The van der Waals surface area contributed by atoms with Gasteiger partial charge in [0, 0.05) is 37.8 Å². The SMILES string of the molecule is O=C(O)c1cn(C2(I)CC2)c2cc(N3CCNCC3)c(F)cc2c1=O. The Morgan fingerprint density at radius 3 is 2.56 bits per heavy atom. The van der Waals surface area contributed by atoms with Crippen molar-refractivity contribution in [1.29, 1.82) is 0 Å². The summed E-state index contributed by atoms with van der Waals surface area (Å²) < 4.78 is 16.3. The number of halogens is 2. The molecule has 1 aromatic carbocycles. The lowest BCUT2D eigenvalue weighted by Gasteiger charge is -2.30. The zero-order valence-electron chi connectivity index (χ0n) is 13.4. The van der Waals surface area contributed by atoms with Gasteiger partial charge in [-0.1, -0.05) is 22.6 Å². The van der Waals surface area contributed by atoms with Crippen molar-refractivity contribution in [2.24, 2.45) is 0 Å². The molecule has 1 aliphatic heterocycles. The van der Waals surface area contributed by atoms with E-state index in [2.05, 4.69) is 27.9 Å². The van der Waals surface area contributed by atoms with Gasteiger partial charge in [-0.2, -0.15) is 0 Å². The summed E-state index contributed by atoms with van der Waals surface area (Å²) in [6, 6.07) is 2.89. The molecule has 2 aliphatic rings. The van der Waals surface area contributed by atoms with E-state index < -0.39 is 17.2 Å². The first kappa shape index (κ1) is 16.8. The molecule has 0 unspecified atom stereocenters. The third-order valence-corrected chi connectivity index (χ3v) is 6.45. The largest absolute Gasteiger partial charge is 0.477 e. The number of rotatable bonds is 3. The summed E-state index contributed by atoms with van der Waals surface area (Å²) in [5.74, 6) is -1.77. The van der Waals surface area contributed by atoms with Crippen molar-refractivity contribution in [3.63, 3.8) is 0 Å². The molecule has 0 amide bonds. The number of carboxylic acids is 1. The molecule has 132 valence electrons. The molecule has 6 nitrogen and oxygen atoms in total. The van der Waals surface area contributed by atoms with Crippen LogP contribution >= 0.6 is 22.6 Å². The molecule has 4 rings (SSSR count). The van der Waals surface area contributed by atoms with Crippen molar-refractivity contribution in [3.05, 3.63) is 39.9 Å². The van der Waals surface area contributed by atoms with E-state index in [0.717, 1.165) is 25.9 Å². The predicted octanol–water partition coefficient (Wildman–Crippen LogP) is 2.13. The number of piperazine rings is 1. The number of hydrogen-bond donors (Lipinski definition) is 2. The first-order valence-electron chi connectivity index (χ1n) is 8.18. The quantitative estimate of drug-likeness (QED) is 0.546. The van der Waals surface area contributed by atoms with E-state index >= 15 is 0 Å². The number of hydrogen-bond acceptors (Lipinski definition) is 4. The third-order valence-electron chi connectivity index (χ3n) is 4.85. The molecule has 8 heteroatoms. The van der Waals surface area contributed by atoms with Crippen LogP contribution in [0, 0.1) is 5.82 Å². The summed E-state index contributed by atoms with van der Waals surface area (Å²) in [5, 5.41) is 12.7. The Labute approximate surface area is 156 Å². The fourth-order valence-electron chi connectivity index (χ4n) is 3.31. The molecule has 2 aromatic rings. The number of alkyl halides is 1. The highest BCUT2D eigenvalue weighted by atomic mass is 127. The normalized spacial score (nSPS) is 19.2. The number of carboxylic acid groups (broad SMARTS) is 1. The van der Waals surface area contributed by atoms with Gasteiger partial charge in [0.15, 0.2) is 0 Å². The lowest BCUT2D eigenvalue weighted by Crippen LogP contribution is -2.44. The molecule has 1 saturated carbocycles. The topological polar surface area (TPSA) is 74.6 Å². The molecule has 25 heavy (non-hydrogen) atoms. The van der Waals surface area contributed by atoms with E-state index in [1.165, 1.54) is 12.3 Å². The third kappa shape index (κ3) is 2.80. The van der Waals surface area contributed by atoms with Gasteiger partial charge in [-0.25, -0.2) is 9.18 Å². The van der Waals surface area contributed by atoms with Crippen molar-refractivity contribution in [3.8, 4) is 0 Å². The summed E-state index contributed by atoms with van der Waals surface area (Å²) in [5.41, 5.74) is 0.109. The first-order valence-corrected chi connectivity index (χ1v) is 9.26. The molecule has 1 saturated heterocycles. The Morgan fingerprint density at radius 1 is 1.28 bits per heavy atom. The maximum atomic E-state index is 14.7. The number of carbonyl (C=O) groups is 1. The lowest BCUT2D eigenvalue weighted by molar-refractivity contribution is 0.0695. The molecule has 1 aromatic heterocycles. The summed E-state index contributed by atoms with van der Waals surface area (Å²) in [4.78, 5) is 25.9. The van der Waals surface area contributed by atoms with E-state index in [4.69, 9.17) is 0 Å². The molecule has 0 radical (unpaired) electrons. The number of aromatic nitrogens is 1. The molecular weight excluding hydrogens is 440 g/mol. The van der Waals surface area contributed by atoms with Crippen LogP contribution in [0.15, 0.2) is 23.1 Å². The summed E-state index contributed by atoms with van der Waals surface area (Å²) >= 11 is 2.28. The van der Waals surface area contributed by atoms with Gasteiger partial charge in [-0.15, -0.1) is 0 Å². The van der Waals surface area contributed by atoms with Gasteiger partial charge in [0.1, 0.15) is 11.4 Å². The Morgan fingerprint density at radius 2 is 1.96 bits per heavy atom. The fourth-order valence-corrected chi connectivity index (χ4v) is 3.98. The van der Waals surface area contributed by atoms with Crippen molar-refractivity contribution >= 4 is 45.2 Å². The molecule has 0 bridgehead atoms. The number of nitrogens with one attached hydrogen (secondary N) is 1. The average Bonchev–Trinajstić information content (AvgIpc) is 3.34. The highest BCUT2D eigenvalue weighted by Gasteiger charge is 2.42. The van der Waals surface area contributed by atoms with Gasteiger partial charge in [0.25, 0.3) is 0 Å². The molecule has 0 spiro atoms. The van der Waals surface area contributed by atoms with E-state index in [1.807, 2.05) is 9.47 Å². The number of nitrogens with zero attached hydrogens (tertiary/aromatic N) is 2. The number of fused-ring (bicyclic) bond motifs is 1. The van der Waals surface area contributed by atoms with Crippen LogP contribution in [0.5, 0.6) is 0 Å². The van der Waals surface area contributed by atoms with Crippen molar-refractivity contribution in [2.45, 2.75) is 16.4 Å². The molecular formula is C17H17FIN3O3. The highest BCUT2D eigenvalue weighted by Crippen LogP contribution is 2.51. The summed E-state index contributed by atoms with van der Waals surface area (Å²) in [6.45, 7) is 2.93. The maximum absolute atomic E-state index is 14.7. The van der Waals surface area contributed by atoms with Crippen LogP contribution in [0.4, 0.5) is 10.1 Å². The fraction of sp³-hybridized carbons (Fsp3) is 0.412. The van der Waals surface area contributed by atoms with Crippen LogP contribution in [0.1, 0.15) is 23.2 Å². The Kier molecular flexibility index (Phi) is 3.99. The minimum atomic E-state index is -1.28. The molecule has 1 aliphatic carbocycles. The van der Waals surface area contributed by atoms with Crippen LogP contribution in [0.2, 0.25) is 0 Å². The van der Waals surface area contributed by atoms with Crippen molar-refractivity contribution < 1.29 is 14.3 Å². The lowest BCUT2D eigenvalue weighted by atomic mass is 10.1. The zero-order chi connectivity index (χ0) is 17.8. The second kappa shape index (κ2) is 5.94. The van der Waals surface area contributed by atoms with E-state index in [1.54, 1.807) is 6.07 Å². The highest BCUT2D eigenvalue weighted by molar-refractivity contribution is 14.1. The minimum absolute atomic E-state index is 0.124. The van der Waals surface area contributed by atoms with Gasteiger partial charge in [-0.3, -0.25) is 4.79 Å². The Hall–Kier alpha value is -1.68. The van der Waals surface area contributed by atoms with E-state index in [9.17, 15) is 19.1 Å². The standard InChI is InChI=1S/C17H17FIN3O3/c18-12-7-10-13(8-14(12)21-5-3-20-4-6-21)22(17(19)1-2-17)9-11(15(10)23)16(24)25/h7-9,20H,1-6H2,(H,24,25). The van der Waals surface area contributed by atoms with Crippen LogP contribution < -0.4 is 15.6 Å². The molecule has 2 heterocycles. The van der Waals surface area contributed by atoms with Crippen LogP contribution in [-0.4, -0.2) is 41.8 Å². The van der Waals surface area contributed by atoms with Gasteiger partial charge in [0.05, 0.1) is 14.7 Å². The number of anilines is 1. The summed E-state index contributed by atoms with van der Waals surface area (Å²) in [7, 11) is 0. The van der Waals surface area contributed by atoms with Crippen LogP contribution in [0.25, 0.3) is 10.9 Å². The van der Waals surface area contributed by atoms with Crippen LogP contribution in [-0.2, 0) is 3.55 Å². The minimum Gasteiger partial charge on any atom is -0.477 e. The van der Waals surface area contributed by atoms with Gasteiger partial charge in [-0.05, 0) is 25.0 Å². The average molecular weight is 457 g/mol. The van der Waals surface area contributed by atoms with E-state index in [0.29, 0.717) is 24.3 Å².